The fourth-order valence-corrected chi connectivity index (χ4v) is 3.27. The van der Waals surface area contributed by atoms with E-state index in [9.17, 15) is 5.11 Å². The van der Waals surface area contributed by atoms with E-state index in [0.29, 0.717) is 0 Å². The average molecular weight is 351 g/mol. The van der Waals surface area contributed by atoms with Crippen LogP contribution >= 0.6 is 15.9 Å². The van der Waals surface area contributed by atoms with Crippen molar-refractivity contribution in [1.82, 2.24) is 4.98 Å². The fraction of sp³-hybridized carbons (Fsp3) is 0.438. The summed E-state index contributed by atoms with van der Waals surface area (Å²) in [6.45, 7) is 5.75. The minimum Gasteiger partial charge on any atom is -0.508 e. The number of aromatic nitrogens is 1. The quantitative estimate of drug-likeness (QED) is 0.844. The molecule has 2 aromatic rings. The zero-order valence-corrected chi connectivity index (χ0v) is 13.8. The molecule has 0 bridgehead atoms. The van der Waals surface area contributed by atoms with E-state index in [-0.39, 0.29) is 17.5 Å². The summed E-state index contributed by atoms with van der Waals surface area (Å²) in [5, 5.41) is 12.6. The van der Waals surface area contributed by atoms with Crippen LogP contribution in [0.5, 0.6) is 5.75 Å². The molecule has 3 rings (SSSR count). The number of nitrogens with zero attached hydrogens (tertiary/aromatic N) is 2. The largest absolute Gasteiger partial charge is 0.508 e. The molecule has 112 valence electrons. The fourth-order valence-electron chi connectivity index (χ4n) is 2.93. The topological polar surface area (TPSA) is 45.6 Å². The molecular weight excluding hydrogens is 332 g/mol. The van der Waals surface area contributed by atoms with Crippen molar-refractivity contribution in [3.63, 3.8) is 0 Å². The third-order valence-electron chi connectivity index (χ3n) is 3.68. The number of hydrogen-bond acceptors (Lipinski definition) is 4. The number of alkyl halides is 1. The lowest BCUT2D eigenvalue weighted by atomic mass is 10.0. The number of ether oxygens (including phenoxy) is 1. The molecule has 1 unspecified atom stereocenters. The number of pyridine rings is 1. The van der Waals surface area contributed by atoms with Gasteiger partial charge in [-0.2, -0.15) is 0 Å². The second-order valence-electron chi connectivity index (χ2n) is 6.07. The van der Waals surface area contributed by atoms with E-state index in [1.807, 2.05) is 18.3 Å². The molecule has 1 aromatic heterocycles. The number of phenolic OH excluding ortho intramolecular Hbond substituents is 1. The SMILES string of the molecule is CC1(C)CN(c2nccc3ccc(O)cc23)CC(CBr)O1. The Hall–Kier alpha value is -1.33. The molecule has 0 radical (unpaired) electrons. The summed E-state index contributed by atoms with van der Waals surface area (Å²) < 4.78 is 6.04. The Labute approximate surface area is 132 Å². The minimum absolute atomic E-state index is 0.128. The molecule has 1 fully saturated rings. The van der Waals surface area contributed by atoms with Crippen molar-refractivity contribution in [1.29, 1.82) is 0 Å². The summed E-state index contributed by atoms with van der Waals surface area (Å²) in [4.78, 5) is 6.80. The standard InChI is InChI=1S/C16H19BrN2O2/c1-16(2)10-19(9-13(8-17)21-16)15-14-7-12(20)4-3-11(14)5-6-18-15/h3-7,13,20H,8-10H2,1-2H3. The number of aromatic hydroxyl groups is 1. The first kappa shape index (κ1) is 14.6. The molecule has 2 heterocycles. The van der Waals surface area contributed by atoms with Gasteiger partial charge in [0, 0.05) is 30.0 Å². The number of phenols is 1. The summed E-state index contributed by atoms with van der Waals surface area (Å²) >= 11 is 3.51. The van der Waals surface area contributed by atoms with Crippen molar-refractivity contribution in [2.24, 2.45) is 0 Å². The van der Waals surface area contributed by atoms with E-state index in [4.69, 9.17) is 4.74 Å². The third-order valence-corrected chi connectivity index (χ3v) is 4.40. The molecule has 1 atom stereocenters. The molecule has 0 aliphatic carbocycles. The van der Waals surface area contributed by atoms with Crippen molar-refractivity contribution in [2.45, 2.75) is 25.6 Å². The first-order valence-electron chi connectivity index (χ1n) is 7.05. The average Bonchev–Trinajstić information content (AvgIpc) is 2.44. The molecule has 21 heavy (non-hydrogen) atoms. The first-order valence-corrected chi connectivity index (χ1v) is 8.17. The molecule has 0 amide bonds. The van der Waals surface area contributed by atoms with Crippen LogP contribution < -0.4 is 4.90 Å². The second kappa shape index (κ2) is 5.46. The Balaban J connectivity index is 2.05. The molecule has 0 spiro atoms. The minimum atomic E-state index is -0.225. The van der Waals surface area contributed by atoms with Gasteiger partial charge in [-0.25, -0.2) is 4.98 Å². The molecule has 4 nitrogen and oxygen atoms in total. The van der Waals surface area contributed by atoms with Gasteiger partial charge in [-0.05, 0) is 37.4 Å². The third kappa shape index (κ3) is 2.99. The van der Waals surface area contributed by atoms with Gasteiger partial charge in [-0.3, -0.25) is 0 Å². The van der Waals surface area contributed by atoms with Crippen LogP contribution in [-0.2, 0) is 4.74 Å². The number of hydrogen-bond donors (Lipinski definition) is 1. The summed E-state index contributed by atoms with van der Waals surface area (Å²) in [6.07, 6.45) is 1.95. The zero-order chi connectivity index (χ0) is 15.0. The molecule has 1 N–H and O–H groups in total. The number of rotatable bonds is 2. The summed E-state index contributed by atoms with van der Waals surface area (Å²) in [6, 6.07) is 7.37. The predicted molar refractivity (Wildman–Crippen MR) is 88.4 cm³/mol. The van der Waals surface area contributed by atoms with Gasteiger partial charge in [-0.1, -0.05) is 22.0 Å². The number of fused-ring (bicyclic) bond motifs is 1. The van der Waals surface area contributed by atoms with Crippen LogP contribution in [-0.4, -0.2) is 40.2 Å². The van der Waals surface area contributed by atoms with Gasteiger partial charge in [0.25, 0.3) is 0 Å². The predicted octanol–water partition coefficient (Wildman–Crippen LogP) is 3.32. The van der Waals surface area contributed by atoms with Crippen molar-refractivity contribution >= 4 is 32.5 Å². The van der Waals surface area contributed by atoms with Gasteiger partial charge in [0.1, 0.15) is 11.6 Å². The second-order valence-corrected chi connectivity index (χ2v) is 6.72. The van der Waals surface area contributed by atoms with Crippen LogP contribution in [0.25, 0.3) is 10.8 Å². The van der Waals surface area contributed by atoms with Crippen LogP contribution in [0.15, 0.2) is 30.5 Å². The van der Waals surface area contributed by atoms with Gasteiger partial charge in [-0.15, -0.1) is 0 Å². The van der Waals surface area contributed by atoms with Gasteiger partial charge in [0.15, 0.2) is 0 Å². The molecule has 1 aromatic carbocycles. The zero-order valence-electron chi connectivity index (χ0n) is 12.2. The highest BCUT2D eigenvalue weighted by atomic mass is 79.9. The monoisotopic (exact) mass is 350 g/mol. The number of anilines is 1. The van der Waals surface area contributed by atoms with Gasteiger partial charge < -0.3 is 14.7 Å². The van der Waals surface area contributed by atoms with Crippen LogP contribution in [0.2, 0.25) is 0 Å². The summed E-state index contributed by atoms with van der Waals surface area (Å²) in [7, 11) is 0. The number of morpholine rings is 1. The lowest BCUT2D eigenvalue weighted by Crippen LogP contribution is -2.53. The van der Waals surface area contributed by atoms with Gasteiger partial charge in [0.05, 0.1) is 11.7 Å². The van der Waals surface area contributed by atoms with E-state index in [0.717, 1.165) is 35.0 Å². The van der Waals surface area contributed by atoms with Crippen LogP contribution in [0.4, 0.5) is 5.82 Å². The van der Waals surface area contributed by atoms with Crippen LogP contribution in [0.3, 0.4) is 0 Å². The highest BCUT2D eigenvalue weighted by molar-refractivity contribution is 9.09. The van der Waals surface area contributed by atoms with Crippen molar-refractivity contribution in [2.75, 3.05) is 23.3 Å². The van der Waals surface area contributed by atoms with Crippen LogP contribution in [0.1, 0.15) is 13.8 Å². The molecule has 0 saturated carbocycles. The van der Waals surface area contributed by atoms with E-state index in [2.05, 4.69) is 39.7 Å². The number of benzene rings is 1. The van der Waals surface area contributed by atoms with Crippen molar-refractivity contribution in [3.05, 3.63) is 30.5 Å². The number of halogens is 1. The van der Waals surface area contributed by atoms with Crippen molar-refractivity contribution < 1.29 is 9.84 Å². The van der Waals surface area contributed by atoms with E-state index in [1.54, 1.807) is 12.1 Å². The maximum absolute atomic E-state index is 9.78. The van der Waals surface area contributed by atoms with Gasteiger partial charge >= 0.3 is 0 Å². The lowest BCUT2D eigenvalue weighted by Gasteiger charge is -2.43. The highest BCUT2D eigenvalue weighted by Gasteiger charge is 2.34. The Morgan fingerprint density at radius 3 is 3.00 bits per heavy atom. The molecule has 5 heteroatoms. The Bertz CT molecular complexity index is 660. The molecule has 1 saturated heterocycles. The van der Waals surface area contributed by atoms with Crippen molar-refractivity contribution in [3.8, 4) is 5.75 Å². The van der Waals surface area contributed by atoms with E-state index >= 15 is 0 Å². The maximum atomic E-state index is 9.78. The Morgan fingerprint density at radius 1 is 1.43 bits per heavy atom. The van der Waals surface area contributed by atoms with Gasteiger partial charge in [0.2, 0.25) is 0 Å². The normalized spacial score (nSPS) is 21.7. The Kier molecular flexibility index (Phi) is 3.80. The van der Waals surface area contributed by atoms with Crippen LogP contribution in [0, 0.1) is 0 Å². The highest BCUT2D eigenvalue weighted by Crippen LogP contribution is 2.32. The molecular formula is C16H19BrN2O2. The lowest BCUT2D eigenvalue weighted by molar-refractivity contribution is -0.0725. The Morgan fingerprint density at radius 2 is 2.24 bits per heavy atom. The molecule has 1 aliphatic rings. The smallest absolute Gasteiger partial charge is 0.136 e. The molecule has 1 aliphatic heterocycles. The summed E-state index contributed by atoms with van der Waals surface area (Å²) in [5.41, 5.74) is -0.225. The maximum Gasteiger partial charge on any atom is 0.136 e. The van der Waals surface area contributed by atoms with E-state index < -0.39 is 0 Å². The first-order chi connectivity index (χ1) is 9.98. The van der Waals surface area contributed by atoms with E-state index in [1.165, 1.54) is 0 Å². The summed E-state index contributed by atoms with van der Waals surface area (Å²) in [5.74, 6) is 1.17.